The molecule has 0 aliphatic carbocycles. The molecule has 2 unspecified atom stereocenters. The van der Waals surface area contributed by atoms with Crippen molar-refractivity contribution in [3.8, 4) is 0 Å². The molecule has 0 spiro atoms. The molecule has 2 atom stereocenters. The largest absolute Gasteiger partial charge is 0.308 e. The van der Waals surface area contributed by atoms with Crippen LogP contribution in [0.5, 0.6) is 0 Å². The minimum absolute atomic E-state index is 0.168. The lowest BCUT2D eigenvalue weighted by Crippen LogP contribution is -2.39. The maximum Gasteiger partial charge on any atom is 0.0237 e. The molecule has 1 aromatic rings. The zero-order valence-corrected chi connectivity index (χ0v) is 14.4. The number of nitrogens with zero attached hydrogens (tertiary/aromatic N) is 1. The van der Waals surface area contributed by atoms with E-state index in [0.29, 0.717) is 0 Å². The van der Waals surface area contributed by atoms with Crippen molar-refractivity contribution in [1.29, 1.82) is 0 Å². The highest BCUT2D eigenvalue weighted by atomic mass is 15.1. The summed E-state index contributed by atoms with van der Waals surface area (Å²) in [5.41, 5.74) is 3.09. The summed E-state index contributed by atoms with van der Waals surface area (Å²) in [7, 11) is 0. The Labute approximate surface area is 130 Å². The Balaban J connectivity index is 2.02. The fourth-order valence-electron chi connectivity index (χ4n) is 3.41. The molecule has 1 fully saturated rings. The first-order valence-corrected chi connectivity index (χ1v) is 8.37. The van der Waals surface area contributed by atoms with Crippen LogP contribution in [-0.4, -0.2) is 23.5 Å². The highest BCUT2D eigenvalue weighted by molar-refractivity contribution is 5.27. The molecule has 118 valence electrons. The third-order valence-electron chi connectivity index (χ3n) is 4.27. The van der Waals surface area contributed by atoms with Gasteiger partial charge in [-0.3, -0.25) is 4.90 Å². The molecule has 2 rings (SSSR count). The van der Waals surface area contributed by atoms with E-state index in [1.807, 2.05) is 0 Å². The number of likely N-dealkylation sites (tertiary alicyclic amines) is 1. The summed E-state index contributed by atoms with van der Waals surface area (Å²) in [4.78, 5) is 2.63. The maximum atomic E-state index is 3.61. The SMILES string of the molecule is CC1CC(C)CN(Cc2ccccc2CNC(C)(C)C)C1. The Hall–Kier alpha value is -0.860. The minimum atomic E-state index is 0.168. The third kappa shape index (κ3) is 5.44. The van der Waals surface area contributed by atoms with Gasteiger partial charge in [0.1, 0.15) is 0 Å². The van der Waals surface area contributed by atoms with E-state index in [1.165, 1.54) is 30.6 Å². The molecule has 2 nitrogen and oxygen atoms in total. The van der Waals surface area contributed by atoms with Crippen molar-refractivity contribution in [2.24, 2.45) is 11.8 Å². The molecule has 0 aromatic heterocycles. The van der Waals surface area contributed by atoms with E-state index in [2.05, 4.69) is 69.1 Å². The van der Waals surface area contributed by atoms with Gasteiger partial charge in [-0.05, 0) is 50.2 Å². The van der Waals surface area contributed by atoms with Crippen LogP contribution in [0.25, 0.3) is 0 Å². The van der Waals surface area contributed by atoms with E-state index < -0.39 is 0 Å². The highest BCUT2D eigenvalue weighted by Crippen LogP contribution is 2.23. The van der Waals surface area contributed by atoms with Gasteiger partial charge >= 0.3 is 0 Å². The summed E-state index contributed by atoms with van der Waals surface area (Å²) in [6.45, 7) is 16.0. The van der Waals surface area contributed by atoms with Gasteiger partial charge in [0.15, 0.2) is 0 Å². The van der Waals surface area contributed by atoms with Crippen molar-refractivity contribution in [3.63, 3.8) is 0 Å². The molecular formula is C19H32N2. The van der Waals surface area contributed by atoms with Crippen LogP contribution in [-0.2, 0) is 13.1 Å². The van der Waals surface area contributed by atoms with E-state index in [1.54, 1.807) is 0 Å². The van der Waals surface area contributed by atoms with Crippen molar-refractivity contribution in [1.82, 2.24) is 10.2 Å². The van der Waals surface area contributed by atoms with Gasteiger partial charge in [0.05, 0.1) is 0 Å². The van der Waals surface area contributed by atoms with Gasteiger partial charge in [0.2, 0.25) is 0 Å². The smallest absolute Gasteiger partial charge is 0.0237 e. The maximum absolute atomic E-state index is 3.61. The van der Waals surface area contributed by atoms with Crippen LogP contribution in [0.15, 0.2) is 24.3 Å². The molecule has 1 aliphatic rings. The number of rotatable bonds is 4. The van der Waals surface area contributed by atoms with E-state index in [0.717, 1.165) is 24.9 Å². The van der Waals surface area contributed by atoms with Crippen LogP contribution in [0.3, 0.4) is 0 Å². The number of nitrogens with one attached hydrogen (secondary N) is 1. The molecule has 2 heteroatoms. The number of piperidine rings is 1. The molecule has 0 saturated carbocycles. The fraction of sp³-hybridized carbons (Fsp3) is 0.684. The van der Waals surface area contributed by atoms with Crippen molar-refractivity contribution in [3.05, 3.63) is 35.4 Å². The molecule has 1 aliphatic heterocycles. The van der Waals surface area contributed by atoms with Crippen LogP contribution < -0.4 is 5.32 Å². The molecule has 1 heterocycles. The van der Waals surface area contributed by atoms with Crippen LogP contribution in [0.2, 0.25) is 0 Å². The van der Waals surface area contributed by atoms with Crippen molar-refractivity contribution < 1.29 is 0 Å². The summed E-state index contributed by atoms with van der Waals surface area (Å²) in [6.07, 6.45) is 1.38. The predicted octanol–water partition coefficient (Wildman–Crippen LogP) is 4.05. The van der Waals surface area contributed by atoms with E-state index >= 15 is 0 Å². The second kappa shape index (κ2) is 6.93. The molecule has 21 heavy (non-hydrogen) atoms. The van der Waals surface area contributed by atoms with E-state index in [9.17, 15) is 0 Å². The first-order chi connectivity index (χ1) is 9.83. The highest BCUT2D eigenvalue weighted by Gasteiger charge is 2.22. The summed E-state index contributed by atoms with van der Waals surface area (Å²) in [5, 5.41) is 3.61. The van der Waals surface area contributed by atoms with Crippen LogP contribution in [0.4, 0.5) is 0 Å². The zero-order chi connectivity index (χ0) is 15.5. The molecule has 0 radical (unpaired) electrons. The topological polar surface area (TPSA) is 15.3 Å². The second-order valence-corrected chi connectivity index (χ2v) is 8.01. The number of hydrogen-bond donors (Lipinski definition) is 1. The van der Waals surface area contributed by atoms with Gasteiger partial charge in [0, 0.05) is 31.7 Å². The van der Waals surface area contributed by atoms with Gasteiger partial charge < -0.3 is 5.32 Å². The zero-order valence-electron chi connectivity index (χ0n) is 14.4. The lowest BCUT2D eigenvalue weighted by molar-refractivity contribution is 0.134. The third-order valence-corrected chi connectivity index (χ3v) is 4.27. The van der Waals surface area contributed by atoms with Crippen LogP contribution in [0.1, 0.15) is 52.2 Å². The molecule has 1 saturated heterocycles. The van der Waals surface area contributed by atoms with Gasteiger partial charge in [-0.2, -0.15) is 0 Å². The van der Waals surface area contributed by atoms with Crippen molar-refractivity contribution in [2.75, 3.05) is 13.1 Å². The molecule has 1 aromatic carbocycles. The molecule has 0 amide bonds. The van der Waals surface area contributed by atoms with Gasteiger partial charge in [-0.1, -0.05) is 38.1 Å². The Morgan fingerprint density at radius 1 is 1.05 bits per heavy atom. The standard InChI is InChI=1S/C19H32N2/c1-15-10-16(2)13-21(12-15)14-18-9-7-6-8-17(18)11-20-19(3,4)5/h6-9,15-16,20H,10-14H2,1-5H3. The quantitative estimate of drug-likeness (QED) is 0.899. The first-order valence-electron chi connectivity index (χ1n) is 8.37. The monoisotopic (exact) mass is 288 g/mol. The normalized spacial score (nSPS) is 24.2. The van der Waals surface area contributed by atoms with Crippen molar-refractivity contribution in [2.45, 2.75) is 59.7 Å². The minimum Gasteiger partial charge on any atom is -0.308 e. The Bertz CT molecular complexity index is 437. The Morgan fingerprint density at radius 2 is 1.62 bits per heavy atom. The van der Waals surface area contributed by atoms with Gasteiger partial charge in [-0.25, -0.2) is 0 Å². The average molecular weight is 288 g/mol. The summed E-state index contributed by atoms with van der Waals surface area (Å²) in [6, 6.07) is 8.89. The first kappa shape index (κ1) is 16.5. The molecular weight excluding hydrogens is 256 g/mol. The summed E-state index contributed by atoms with van der Waals surface area (Å²) < 4.78 is 0. The Kier molecular flexibility index (Phi) is 5.45. The number of benzene rings is 1. The molecule has 1 N–H and O–H groups in total. The van der Waals surface area contributed by atoms with Crippen LogP contribution in [0, 0.1) is 11.8 Å². The van der Waals surface area contributed by atoms with Gasteiger partial charge in [-0.15, -0.1) is 0 Å². The van der Waals surface area contributed by atoms with Crippen molar-refractivity contribution >= 4 is 0 Å². The summed E-state index contributed by atoms with van der Waals surface area (Å²) in [5.74, 6) is 1.65. The van der Waals surface area contributed by atoms with E-state index in [4.69, 9.17) is 0 Å². The van der Waals surface area contributed by atoms with Gasteiger partial charge in [0.25, 0.3) is 0 Å². The average Bonchev–Trinajstić information content (AvgIpc) is 2.35. The lowest BCUT2D eigenvalue weighted by Gasteiger charge is -2.35. The Morgan fingerprint density at radius 3 is 2.19 bits per heavy atom. The predicted molar refractivity (Wildman–Crippen MR) is 91.3 cm³/mol. The molecule has 0 bridgehead atoms. The second-order valence-electron chi connectivity index (χ2n) is 8.01. The fourth-order valence-corrected chi connectivity index (χ4v) is 3.41. The van der Waals surface area contributed by atoms with Crippen LogP contribution >= 0.6 is 0 Å². The number of hydrogen-bond acceptors (Lipinski definition) is 2. The van der Waals surface area contributed by atoms with E-state index in [-0.39, 0.29) is 5.54 Å². The summed E-state index contributed by atoms with van der Waals surface area (Å²) >= 11 is 0. The lowest BCUT2D eigenvalue weighted by atomic mass is 9.91.